The molecule has 2 aromatic carbocycles. The van der Waals surface area contributed by atoms with E-state index in [1.165, 1.54) is 15.8 Å². The lowest BCUT2D eigenvalue weighted by Gasteiger charge is -2.28. The van der Waals surface area contributed by atoms with Gasteiger partial charge in [0, 0.05) is 29.4 Å². The number of aryl methyl sites for hydroxylation is 1. The molecule has 1 aliphatic heterocycles. The average Bonchev–Trinajstić information content (AvgIpc) is 3.08. The van der Waals surface area contributed by atoms with Gasteiger partial charge in [-0.25, -0.2) is 4.68 Å². The van der Waals surface area contributed by atoms with Crippen LogP contribution in [0, 0.1) is 6.92 Å². The number of H-pyrrole nitrogens is 1. The van der Waals surface area contributed by atoms with Gasteiger partial charge in [-0.2, -0.15) is 5.10 Å². The SMILES string of the molecule is Cc1ccc2[nH]c3c(=O)n(CC(=O)N4CCc5ccccc5C4)ncc3c2c1. The van der Waals surface area contributed by atoms with Gasteiger partial charge in [-0.1, -0.05) is 35.9 Å². The quantitative estimate of drug-likeness (QED) is 0.588. The molecule has 1 aliphatic rings. The van der Waals surface area contributed by atoms with Crippen molar-refractivity contribution in [2.45, 2.75) is 26.4 Å². The molecule has 4 aromatic rings. The van der Waals surface area contributed by atoms with Gasteiger partial charge in [0.25, 0.3) is 5.56 Å². The van der Waals surface area contributed by atoms with Crippen LogP contribution in [0.25, 0.3) is 21.8 Å². The Hall–Kier alpha value is -3.41. The van der Waals surface area contributed by atoms with Gasteiger partial charge in [-0.15, -0.1) is 0 Å². The minimum Gasteiger partial charge on any atom is -0.350 e. The molecule has 0 radical (unpaired) electrons. The first-order valence-electron chi connectivity index (χ1n) is 9.43. The second-order valence-corrected chi connectivity index (χ2v) is 7.40. The summed E-state index contributed by atoms with van der Waals surface area (Å²) in [5, 5.41) is 6.04. The van der Waals surface area contributed by atoms with Crippen molar-refractivity contribution in [1.82, 2.24) is 19.7 Å². The van der Waals surface area contributed by atoms with E-state index in [0.717, 1.165) is 28.3 Å². The number of carbonyl (C=O) groups excluding carboxylic acids is 1. The molecule has 28 heavy (non-hydrogen) atoms. The largest absolute Gasteiger partial charge is 0.350 e. The van der Waals surface area contributed by atoms with E-state index < -0.39 is 0 Å². The Morgan fingerprint density at radius 2 is 1.96 bits per heavy atom. The van der Waals surface area contributed by atoms with Crippen LogP contribution >= 0.6 is 0 Å². The summed E-state index contributed by atoms with van der Waals surface area (Å²) in [6.07, 6.45) is 2.51. The zero-order valence-electron chi connectivity index (χ0n) is 15.6. The number of benzene rings is 2. The van der Waals surface area contributed by atoms with Crippen LogP contribution in [0.15, 0.2) is 53.5 Å². The fourth-order valence-electron chi connectivity index (χ4n) is 3.99. The van der Waals surface area contributed by atoms with Gasteiger partial charge in [0.05, 0.1) is 6.20 Å². The summed E-state index contributed by atoms with van der Waals surface area (Å²) in [5.41, 5.74) is 4.71. The van der Waals surface area contributed by atoms with Crippen molar-refractivity contribution in [1.29, 1.82) is 0 Å². The molecule has 1 amide bonds. The van der Waals surface area contributed by atoms with Crippen LogP contribution in [0.2, 0.25) is 0 Å². The van der Waals surface area contributed by atoms with E-state index in [-0.39, 0.29) is 18.0 Å². The standard InChI is InChI=1S/C22H20N4O2/c1-14-6-7-19-17(10-14)18-11-23-26(22(28)21(18)24-19)13-20(27)25-9-8-15-4-2-3-5-16(15)12-25/h2-7,10-11,24H,8-9,12-13H2,1H3. The molecule has 140 valence electrons. The van der Waals surface area contributed by atoms with Gasteiger partial charge in [0.15, 0.2) is 0 Å². The number of carbonyl (C=O) groups is 1. The van der Waals surface area contributed by atoms with Gasteiger partial charge < -0.3 is 9.88 Å². The topological polar surface area (TPSA) is 71.0 Å². The number of hydrogen-bond donors (Lipinski definition) is 1. The van der Waals surface area contributed by atoms with E-state index in [4.69, 9.17) is 0 Å². The number of hydrogen-bond acceptors (Lipinski definition) is 3. The number of rotatable bonds is 2. The van der Waals surface area contributed by atoms with Crippen molar-refractivity contribution in [2.75, 3.05) is 6.54 Å². The smallest absolute Gasteiger partial charge is 0.291 e. The van der Waals surface area contributed by atoms with Crippen molar-refractivity contribution in [3.63, 3.8) is 0 Å². The molecule has 6 heteroatoms. The van der Waals surface area contributed by atoms with Crippen LogP contribution in [0.5, 0.6) is 0 Å². The molecule has 0 bridgehead atoms. The highest BCUT2D eigenvalue weighted by Crippen LogP contribution is 2.23. The maximum Gasteiger partial charge on any atom is 0.291 e. The zero-order chi connectivity index (χ0) is 19.3. The molecular weight excluding hydrogens is 352 g/mol. The predicted molar refractivity (Wildman–Crippen MR) is 108 cm³/mol. The number of fused-ring (bicyclic) bond motifs is 4. The maximum absolute atomic E-state index is 12.9. The van der Waals surface area contributed by atoms with E-state index in [1.807, 2.05) is 37.3 Å². The monoisotopic (exact) mass is 372 g/mol. The minimum absolute atomic E-state index is 0.0503. The minimum atomic E-state index is -0.267. The summed E-state index contributed by atoms with van der Waals surface area (Å²) in [5.74, 6) is -0.0876. The highest BCUT2D eigenvalue weighted by molar-refractivity contribution is 6.06. The molecule has 0 unspecified atom stereocenters. The van der Waals surface area contributed by atoms with E-state index in [2.05, 4.69) is 22.2 Å². The fourth-order valence-corrected chi connectivity index (χ4v) is 3.99. The second-order valence-electron chi connectivity index (χ2n) is 7.40. The third-order valence-electron chi connectivity index (χ3n) is 5.54. The summed E-state index contributed by atoms with van der Waals surface area (Å²) in [4.78, 5) is 30.7. The van der Waals surface area contributed by atoms with Crippen molar-refractivity contribution >= 4 is 27.7 Å². The molecule has 2 aromatic heterocycles. The first kappa shape index (κ1) is 16.7. The Morgan fingerprint density at radius 3 is 2.82 bits per heavy atom. The molecule has 0 spiro atoms. The summed E-state index contributed by atoms with van der Waals surface area (Å²) in [7, 11) is 0. The van der Waals surface area contributed by atoms with Crippen molar-refractivity contribution in [3.05, 3.63) is 75.7 Å². The molecule has 0 aliphatic carbocycles. The van der Waals surface area contributed by atoms with Crippen LogP contribution in [-0.2, 0) is 24.3 Å². The highest BCUT2D eigenvalue weighted by atomic mass is 16.2. The third kappa shape index (κ3) is 2.69. The summed E-state index contributed by atoms with van der Waals surface area (Å²) in [6, 6.07) is 14.2. The molecular formula is C22H20N4O2. The van der Waals surface area contributed by atoms with Gasteiger partial charge in [-0.05, 0) is 36.6 Å². The Labute approximate surface area is 161 Å². The molecule has 0 fully saturated rings. The lowest BCUT2D eigenvalue weighted by molar-refractivity contribution is -0.133. The molecule has 3 heterocycles. The lowest BCUT2D eigenvalue weighted by atomic mass is 10.00. The van der Waals surface area contributed by atoms with Gasteiger partial charge in [0.2, 0.25) is 5.91 Å². The van der Waals surface area contributed by atoms with Crippen LogP contribution in [0.3, 0.4) is 0 Å². The highest BCUT2D eigenvalue weighted by Gasteiger charge is 2.21. The number of nitrogens with one attached hydrogen (secondary N) is 1. The normalized spacial score (nSPS) is 13.8. The summed E-state index contributed by atoms with van der Waals surface area (Å²) < 4.78 is 1.26. The molecule has 0 saturated heterocycles. The summed E-state index contributed by atoms with van der Waals surface area (Å²) in [6.45, 7) is 3.21. The van der Waals surface area contributed by atoms with Crippen LogP contribution in [0.1, 0.15) is 16.7 Å². The van der Waals surface area contributed by atoms with E-state index in [0.29, 0.717) is 18.6 Å². The number of aromatic nitrogens is 3. The fraction of sp³-hybridized carbons (Fsp3) is 0.227. The Bertz CT molecular complexity index is 1280. The number of nitrogens with zero attached hydrogens (tertiary/aromatic N) is 3. The first-order valence-corrected chi connectivity index (χ1v) is 9.43. The van der Waals surface area contributed by atoms with Gasteiger partial charge in [-0.3, -0.25) is 9.59 Å². The van der Waals surface area contributed by atoms with E-state index in [1.54, 1.807) is 11.1 Å². The van der Waals surface area contributed by atoms with Gasteiger partial charge in [0.1, 0.15) is 12.1 Å². The second kappa shape index (κ2) is 6.34. The van der Waals surface area contributed by atoms with Gasteiger partial charge >= 0.3 is 0 Å². The Kier molecular flexibility index (Phi) is 3.79. The Morgan fingerprint density at radius 1 is 1.14 bits per heavy atom. The van der Waals surface area contributed by atoms with Crippen molar-refractivity contribution < 1.29 is 4.79 Å². The van der Waals surface area contributed by atoms with Crippen molar-refractivity contribution in [3.8, 4) is 0 Å². The lowest BCUT2D eigenvalue weighted by Crippen LogP contribution is -2.40. The third-order valence-corrected chi connectivity index (χ3v) is 5.54. The Balaban J connectivity index is 1.45. The molecule has 5 rings (SSSR count). The molecule has 1 N–H and O–H groups in total. The zero-order valence-corrected chi connectivity index (χ0v) is 15.6. The predicted octanol–water partition coefficient (Wildman–Crippen LogP) is 2.77. The van der Waals surface area contributed by atoms with Crippen LogP contribution in [0.4, 0.5) is 0 Å². The van der Waals surface area contributed by atoms with E-state index in [9.17, 15) is 9.59 Å². The summed E-state index contributed by atoms with van der Waals surface area (Å²) >= 11 is 0. The maximum atomic E-state index is 12.9. The number of amides is 1. The van der Waals surface area contributed by atoms with E-state index >= 15 is 0 Å². The average molecular weight is 372 g/mol. The number of aromatic amines is 1. The molecule has 0 saturated carbocycles. The van der Waals surface area contributed by atoms with Crippen molar-refractivity contribution in [2.24, 2.45) is 0 Å². The first-order chi connectivity index (χ1) is 13.6. The van der Waals surface area contributed by atoms with Crippen LogP contribution < -0.4 is 5.56 Å². The van der Waals surface area contributed by atoms with Crippen LogP contribution in [-0.4, -0.2) is 32.1 Å². The molecule has 6 nitrogen and oxygen atoms in total. The molecule has 0 atom stereocenters.